The Morgan fingerprint density at radius 3 is 1.05 bits per heavy atom. The predicted octanol–water partition coefficient (Wildman–Crippen LogP) is 1.41. The van der Waals surface area contributed by atoms with Gasteiger partial charge in [0.1, 0.15) is 0 Å². The first-order valence-corrected chi connectivity index (χ1v) is 24.9. The molecule has 0 aliphatic carbocycles. The van der Waals surface area contributed by atoms with Crippen molar-refractivity contribution in [1.82, 2.24) is 44.1 Å². The average molecular weight is 858 g/mol. The molecule has 4 atom stereocenters. The minimum atomic E-state index is -0.961. The van der Waals surface area contributed by atoms with E-state index in [1.165, 1.54) is 12.8 Å². The summed E-state index contributed by atoms with van der Waals surface area (Å²) >= 11 is 0. The molecule has 2 saturated heterocycles. The zero-order valence-corrected chi connectivity index (χ0v) is 40.0. The highest BCUT2D eigenvalue weighted by Crippen LogP contribution is 2.10. The molecule has 2 rings (SSSR count). The molecule has 0 radical (unpaired) electrons. The lowest BCUT2D eigenvalue weighted by molar-refractivity contribution is 0.0148. The summed E-state index contributed by atoms with van der Waals surface area (Å²) in [6.07, 6.45) is 4.32. The molecular formula is C46H99N9O5. The van der Waals surface area contributed by atoms with Crippen molar-refractivity contribution in [2.45, 2.75) is 117 Å². The lowest BCUT2D eigenvalue weighted by atomic mass is 10.1. The zero-order valence-electron chi connectivity index (χ0n) is 40.0. The summed E-state index contributed by atoms with van der Waals surface area (Å²) in [6, 6.07) is 0. The lowest BCUT2D eigenvalue weighted by Crippen LogP contribution is -2.50. The Morgan fingerprint density at radius 1 is 0.400 bits per heavy atom. The third-order valence-corrected chi connectivity index (χ3v) is 12.6. The van der Waals surface area contributed by atoms with E-state index >= 15 is 0 Å². The molecule has 2 heterocycles. The van der Waals surface area contributed by atoms with Gasteiger partial charge >= 0.3 is 0 Å². The third kappa shape index (κ3) is 25.7. The van der Waals surface area contributed by atoms with Crippen molar-refractivity contribution in [2.75, 3.05) is 183 Å². The summed E-state index contributed by atoms with van der Waals surface area (Å²) in [5.41, 5.74) is 0. The summed E-state index contributed by atoms with van der Waals surface area (Å²) in [7, 11) is 0. The van der Waals surface area contributed by atoms with Crippen molar-refractivity contribution in [1.29, 1.82) is 0 Å². The second kappa shape index (κ2) is 34.8. The summed E-state index contributed by atoms with van der Waals surface area (Å²) in [4.78, 5) is 22.7. The van der Waals surface area contributed by atoms with E-state index < -0.39 is 24.4 Å². The second-order valence-corrected chi connectivity index (χ2v) is 18.2. The normalized spacial score (nSPS) is 22.4. The van der Waals surface area contributed by atoms with Crippen molar-refractivity contribution in [3.63, 3.8) is 0 Å². The number of likely N-dealkylation sites (N-methyl/N-ethyl adjacent to an activating group) is 1. The fraction of sp³-hybridized carbons (Fsp3) is 1.00. The molecule has 2 fully saturated rings. The van der Waals surface area contributed by atoms with Crippen molar-refractivity contribution in [3.05, 3.63) is 0 Å². The van der Waals surface area contributed by atoms with Crippen LogP contribution in [0.4, 0.5) is 0 Å². The number of aliphatic hydroxyl groups excluding tert-OH is 5. The van der Waals surface area contributed by atoms with Gasteiger partial charge in [0.25, 0.3) is 0 Å². The number of hydrogen-bond acceptors (Lipinski definition) is 14. The van der Waals surface area contributed by atoms with Crippen LogP contribution in [0.1, 0.15) is 92.9 Å². The highest BCUT2D eigenvalue weighted by atomic mass is 16.3. The van der Waals surface area contributed by atoms with Crippen molar-refractivity contribution < 1.29 is 25.5 Å². The van der Waals surface area contributed by atoms with E-state index in [9.17, 15) is 25.5 Å². The fourth-order valence-electron chi connectivity index (χ4n) is 9.18. The molecule has 358 valence electrons. The fourth-order valence-corrected chi connectivity index (χ4v) is 9.18. The van der Waals surface area contributed by atoms with E-state index in [2.05, 4.69) is 85.6 Å². The first kappa shape index (κ1) is 55.6. The first-order valence-electron chi connectivity index (χ1n) is 24.9. The number of β-amino-alcohol motifs (C(OH)–C–C–N with tert-alkyl or cyclic N) is 2. The van der Waals surface area contributed by atoms with Crippen LogP contribution in [0.2, 0.25) is 0 Å². The van der Waals surface area contributed by atoms with Crippen LogP contribution < -0.4 is 0 Å². The van der Waals surface area contributed by atoms with Crippen LogP contribution in [-0.4, -0.2) is 277 Å². The van der Waals surface area contributed by atoms with Crippen LogP contribution in [0.25, 0.3) is 0 Å². The van der Waals surface area contributed by atoms with E-state index in [4.69, 9.17) is 0 Å². The van der Waals surface area contributed by atoms with Crippen LogP contribution in [0.15, 0.2) is 0 Å². The molecular weight excluding hydrogens is 759 g/mol. The van der Waals surface area contributed by atoms with Crippen molar-refractivity contribution in [2.24, 2.45) is 0 Å². The van der Waals surface area contributed by atoms with Gasteiger partial charge in [-0.05, 0) is 97.3 Å². The van der Waals surface area contributed by atoms with E-state index in [1.54, 1.807) is 0 Å². The number of hydrogen-bond donors (Lipinski definition) is 5. The van der Waals surface area contributed by atoms with Crippen LogP contribution in [0.5, 0.6) is 0 Å². The highest BCUT2D eigenvalue weighted by molar-refractivity contribution is 4.79. The molecule has 4 unspecified atom stereocenters. The van der Waals surface area contributed by atoms with Gasteiger partial charge in [0.2, 0.25) is 0 Å². The summed E-state index contributed by atoms with van der Waals surface area (Å²) in [5.74, 6) is 0. The smallest absolute Gasteiger partial charge is 0.0795 e. The molecule has 0 aromatic heterocycles. The van der Waals surface area contributed by atoms with Crippen LogP contribution in [-0.2, 0) is 0 Å². The predicted molar refractivity (Wildman–Crippen MR) is 250 cm³/mol. The topological polar surface area (TPSA) is 130 Å². The molecule has 0 aromatic rings. The molecule has 0 spiro atoms. The van der Waals surface area contributed by atoms with E-state index in [0.29, 0.717) is 39.1 Å². The SMILES string of the molecule is CCCN1CCN(CC)CCCN(CC(O)CN(CCC(O)CC(O)CO)CC(O)CN2CCN(CCC)CCN(CCC)CCN(CCC)CC2)CCN(CCC)CC1. The second-order valence-electron chi connectivity index (χ2n) is 18.2. The summed E-state index contributed by atoms with van der Waals surface area (Å²) in [6.45, 7) is 38.6. The largest absolute Gasteiger partial charge is 0.394 e. The Morgan fingerprint density at radius 2 is 0.717 bits per heavy atom. The Kier molecular flexibility index (Phi) is 32.2. The lowest BCUT2D eigenvalue weighted by Gasteiger charge is -2.36. The van der Waals surface area contributed by atoms with Gasteiger partial charge in [0.05, 0.1) is 31.0 Å². The third-order valence-electron chi connectivity index (χ3n) is 12.6. The number of aliphatic hydroxyl groups is 5. The van der Waals surface area contributed by atoms with Gasteiger partial charge in [-0.2, -0.15) is 0 Å². The zero-order chi connectivity index (χ0) is 44.0. The highest BCUT2D eigenvalue weighted by Gasteiger charge is 2.24. The summed E-state index contributed by atoms with van der Waals surface area (Å²) < 4.78 is 0. The molecule has 0 saturated carbocycles. The molecule has 14 nitrogen and oxygen atoms in total. The molecule has 0 bridgehead atoms. The van der Waals surface area contributed by atoms with Crippen molar-refractivity contribution >= 4 is 0 Å². The molecule has 0 aromatic carbocycles. The summed E-state index contributed by atoms with van der Waals surface area (Å²) in [5, 5.41) is 53.8. The Bertz CT molecular complexity index is 973. The maximum absolute atomic E-state index is 11.8. The maximum atomic E-state index is 11.8. The van der Waals surface area contributed by atoms with Gasteiger partial charge in [-0.15, -0.1) is 0 Å². The molecule has 60 heavy (non-hydrogen) atoms. The molecule has 2 aliphatic heterocycles. The Balaban J connectivity index is 2.19. The quantitative estimate of drug-likeness (QED) is 0.0908. The van der Waals surface area contributed by atoms with Gasteiger partial charge in [-0.3, -0.25) is 14.7 Å². The molecule has 5 N–H and O–H groups in total. The van der Waals surface area contributed by atoms with Gasteiger partial charge < -0.3 is 54.9 Å². The van der Waals surface area contributed by atoms with Gasteiger partial charge in [-0.1, -0.05) is 41.5 Å². The van der Waals surface area contributed by atoms with Crippen LogP contribution >= 0.6 is 0 Å². The standard InChI is InChI=1S/C46H99N9O5/c1-7-15-48-24-23-47(12-6)20-13-21-53(34-31-50(17-9-3)28-25-48)38-45(59)40-55(22-14-43(57)37-44(58)42-56)41-46(60)39-54-35-32-51(18-10-4)29-26-49(16-8-2)27-30-52(19-11-5)33-36-54/h43-46,56-60H,7-42H2,1-6H3. The average Bonchev–Trinajstić information content (AvgIpc) is 3.23. The van der Waals surface area contributed by atoms with Gasteiger partial charge in [-0.25, -0.2) is 0 Å². The van der Waals surface area contributed by atoms with Gasteiger partial charge in [0, 0.05) is 131 Å². The molecule has 0 amide bonds. The number of rotatable bonds is 25. The first-order chi connectivity index (χ1) is 29.0. The monoisotopic (exact) mass is 858 g/mol. The molecule has 2 aliphatic rings. The van der Waals surface area contributed by atoms with Crippen LogP contribution in [0, 0.1) is 0 Å². The molecule has 14 heteroatoms. The van der Waals surface area contributed by atoms with Gasteiger partial charge in [0.15, 0.2) is 0 Å². The minimum absolute atomic E-state index is 0.106. The number of nitrogens with zero attached hydrogens (tertiary/aromatic N) is 9. The van der Waals surface area contributed by atoms with E-state index in [0.717, 1.165) is 170 Å². The maximum Gasteiger partial charge on any atom is 0.0795 e. The van der Waals surface area contributed by atoms with Crippen LogP contribution in [0.3, 0.4) is 0 Å². The minimum Gasteiger partial charge on any atom is -0.394 e. The van der Waals surface area contributed by atoms with E-state index in [-0.39, 0.29) is 13.0 Å². The van der Waals surface area contributed by atoms with Crippen molar-refractivity contribution in [3.8, 4) is 0 Å². The Hall–Kier alpha value is -0.560. The Labute approximate surface area is 369 Å². The van der Waals surface area contributed by atoms with E-state index in [1.807, 2.05) is 0 Å².